The Morgan fingerprint density at radius 2 is 2.00 bits per heavy atom. The third-order valence-electron chi connectivity index (χ3n) is 5.83. The lowest BCUT2D eigenvalue weighted by molar-refractivity contribution is 0.0283. The van der Waals surface area contributed by atoms with Gasteiger partial charge in [-0.15, -0.1) is 0 Å². The Bertz CT molecular complexity index is 943. The van der Waals surface area contributed by atoms with Gasteiger partial charge in [0.05, 0.1) is 24.9 Å². The molecule has 146 valence electrons. The van der Waals surface area contributed by atoms with Crippen molar-refractivity contribution in [2.45, 2.75) is 25.8 Å². The van der Waals surface area contributed by atoms with E-state index >= 15 is 0 Å². The molecule has 0 radical (unpaired) electrons. The zero-order valence-corrected chi connectivity index (χ0v) is 16.5. The number of methoxy groups -OCH3 is 1. The van der Waals surface area contributed by atoms with E-state index in [0.717, 1.165) is 55.9 Å². The molecule has 4 heteroatoms. The number of benzene rings is 2. The number of rotatable bonds is 6. The number of aliphatic hydroxyl groups is 1. The normalized spacial score (nSPS) is 20.4. The Morgan fingerprint density at radius 1 is 1.11 bits per heavy atom. The average molecular weight is 377 g/mol. The van der Waals surface area contributed by atoms with Gasteiger partial charge in [0.25, 0.3) is 0 Å². The van der Waals surface area contributed by atoms with E-state index in [-0.39, 0.29) is 12.0 Å². The Labute approximate surface area is 166 Å². The minimum atomic E-state index is -0.110. The first-order chi connectivity index (χ1) is 13.7. The number of hydrogen-bond donors (Lipinski definition) is 1. The smallest absolute Gasteiger partial charge is 0.119 e. The summed E-state index contributed by atoms with van der Waals surface area (Å²) in [5, 5.41) is 11.5. The van der Waals surface area contributed by atoms with E-state index in [9.17, 15) is 5.11 Å². The molecule has 0 saturated carbocycles. The summed E-state index contributed by atoms with van der Waals surface area (Å²) in [6.45, 7) is 2.96. The van der Waals surface area contributed by atoms with Crippen molar-refractivity contribution in [2.24, 2.45) is 5.41 Å². The van der Waals surface area contributed by atoms with E-state index in [0.29, 0.717) is 0 Å². The van der Waals surface area contributed by atoms with Gasteiger partial charge >= 0.3 is 0 Å². The Morgan fingerprint density at radius 3 is 2.86 bits per heavy atom. The maximum atomic E-state index is 10.3. The highest BCUT2D eigenvalue weighted by atomic mass is 16.5. The SMILES string of the molecule is COc1cccc(CC2(CO)CCCN(Cc3ccc4ccccc4n3)C2)c1. The number of likely N-dealkylation sites (tertiary alicyclic amines) is 1. The van der Waals surface area contributed by atoms with Gasteiger partial charge in [-0.1, -0.05) is 36.4 Å². The molecule has 3 aromatic rings. The number of aliphatic hydroxyl groups excluding tert-OH is 1. The van der Waals surface area contributed by atoms with Gasteiger partial charge in [0.2, 0.25) is 0 Å². The van der Waals surface area contributed by atoms with E-state index in [4.69, 9.17) is 9.72 Å². The predicted octanol–water partition coefficient (Wildman–Crippen LogP) is 4.06. The number of ether oxygens (including phenoxy) is 1. The van der Waals surface area contributed by atoms with Crippen molar-refractivity contribution < 1.29 is 9.84 Å². The molecule has 1 atom stereocenters. The van der Waals surface area contributed by atoms with Gasteiger partial charge in [-0.25, -0.2) is 0 Å². The fourth-order valence-electron chi connectivity index (χ4n) is 4.42. The van der Waals surface area contributed by atoms with Gasteiger partial charge in [0.1, 0.15) is 5.75 Å². The minimum Gasteiger partial charge on any atom is -0.497 e. The standard InChI is InChI=1S/C24H28N2O2/c1-28-22-8-4-6-19(14-22)15-24(18-27)12-5-13-26(17-24)16-21-11-10-20-7-2-3-9-23(20)25-21/h2-4,6-11,14,27H,5,12-13,15-18H2,1H3. The monoisotopic (exact) mass is 376 g/mol. The molecule has 4 rings (SSSR count). The molecule has 1 fully saturated rings. The van der Waals surface area contributed by atoms with Crippen LogP contribution in [-0.4, -0.2) is 41.8 Å². The molecule has 2 aromatic carbocycles. The van der Waals surface area contributed by atoms with Gasteiger partial charge < -0.3 is 9.84 Å². The average Bonchev–Trinajstić information content (AvgIpc) is 2.74. The van der Waals surface area contributed by atoms with Crippen LogP contribution < -0.4 is 4.74 Å². The molecule has 0 amide bonds. The molecule has 4 nitrogen and oxygen atoms in total. The van der Waals surface area contributed by atoms with Gasteiger partial charge in [-0.2, -0.15) is 0 Å². The molecule has 0 spiro atoms. The summed E-state index contributed by atoms with van der Waals surface area (Å²) >= 11 is 0. The number of pyridine rings is 1. The summed E-state index contributed by atoms with van der Waals surface area (Å²) in [5.74, 6) is 0.874. The van der Waals surface area contributed by atoms with Crippen LogP contribution in [0.5, 0.6) is 5.75 Å². The van der Waals surface area contributed by atoms with Crippen LogP contribution in [0.15, 0.2) is 60.7 Å². The Kier molecular flexibility index (Phi) is 5.60. The third kappa shape index (κ3) is 4.18. The summed E-state index contributed by atoms with van der Waals surface area (Å²) < 4.78 is 5.36. The number of para-hydroxylation sites is 1. The van der Waals surface area contributed by atoms with Gasteiger partial charge in [-0.05, 0) is 55.6 Å². The second-order valence-corrected chi connectivity index (χ2v) is 8.00. The highest BCUT2D eigenvalue weighted by Crippen LogP contribution is 2.34. The quantitative estimate of drug-likeness (QED) is 0.705. The molecule has 1 N–H and O–H groups in total. The summed E-state index contributed by atoms with van der Waals surface area (Å²) in [4.78, 5) is 7.27. The van der Waals surface area contributed by atoms with E-state index in [1.807, 2.05) is 24.3 Å². The lowest BCUT2D eigenvalue weighted by Crippen LogP contribution is -2.46. The second-order valence-electron chi connectivity index (χ2n) is 8.00. The van der Waals surface area contributed by atoms with Crippen molar-refractivity contribution in [3.8, 4) is 5.75 Å². The first-order valence-corrected chi connectivity index (χ1v) is 10.0. The van der Waals surface area contributed by atoms with E-state index in [1.165, 1.54) is 10.9 Å². The van der Waals surface area contributed by atoms with Crippen LogP contribution in [0, 0.1) is 5.41 Å². The zero-order chi connectivity index (χ0) is 19.4. The van der Waals surface area contributed by atoms with E-state index in [2.05, 4.69) is 41.3 Å². The van der Waals surface area contributed by atoms with Crippen molar-refractivity contribution in [2.75, 3.05) is 26.8 Å². The first-order valence-electron chi connectivity index (χ1n) is 10.0. The molecule has 28 heavy (non-hydrogen) atoms. The van der Waals surface area contributed by atoms with Crippen LogP contribution in [0.25, 0.3) is 10.9 Å². The van der Waals surface area contributed by atoms with Gasteiger partial charge in [0, 0.05) is 23.9 Å². The number of hydrogen-bond acceptors (Lipinski definition) is 4. The molecule has 0 bridgehead atoms. The molecule has 1 aliphatic rings. The molecule has 1 unspecified atom stereocenters. The molecule has 1 aromatic heterocycles. The maximum absolute atomic E-state index is 10.3. The van der Waals surface area contributed by atoms with Crippen molar-refractivity contribution in [1.29, 1.82) is 0 Å². The first kappa shape index (κ1) is 18.9. The van der Waals surface area contributed by atoms with Crippen LogP contribution >= 0.6 is 0 Å². The summed E-state index contributed by atoms with van der Waals surface area (Å²) in [6, 6.07) is 20.7. The van der Waals surface area contributed by atoms with Crippen LogP contribution in [0.3, 0.4) is 0 Å². The van der Waals surface area contributed by atoms with Crippen LogP contribution in [0.4, 0.5) is 0 Å². The van der Waals surface area contributed by atoms with Crippen molar-refractivity contribution in [3.63, 3.8) is 0 Å². The Hall–Kier alpha value is -2.43. The minimum absolute atomic E-state index is 0.110. The zero-order valence-electron chi connectivity index (χ0n) is 16.5. The van der Waals surface area contributed by atoms with Crippen LogP contribution in [0.2, 0.25) is 0 Å². The number of piperidine rings is 1. The number of fused-ring (bicyclic) bond motifs is 1. The van der Waals surface area contributed by atoms with Gasteiger partial charge in [-0.3, -0.25) is 9.88 Å². The highest BCUT2D eigenvalue weighted by Gasteiger charge is 2.35. The fourth-order valence-corrected chi connectivity index (χ4v) is 4.42. The molecule has 0 aliphatic carbocycles. The van der Waals surface area contributed by atoms with E-state index < -0.39 is 0 Å². The lowest BCUT2D eigenvalue weighted by atomic mass is 9.75. The molecular weight excluding hydrogens is 348 g/mol. The molecular formula is C24H28N2O2. The number of nitrogens with zero attached hydrogens (tertiary/aromatic N) is 2. The van der Waals surface area contributed by atoms with Crippen LogP contribution in [-0.2, 0) is 13.0 Å². The Balaban J connectivity index is 1.49. The summed E-state index contributed by atoms with van der Waals surface area (Å²) in [5.41, 5.74) is 3.25. The lowest BCUT2D eigenvalue weighted by Gasteiger charge is -2.42. The largest absolute Gasteiger partial charge is 0.497 e. The maximum Gasteiger partial charge on any atom is 0.119 e. The highest BCUT2D eigenvalue weighted by molar-refractivity contribution is 5.78. The van der Waals surface area contributed by atoms with Crippen molar-refractivity contribution in [3.05, 3.63) is 71.9 Å². The predicted molar refractivity (Wildman–Crippen MR) is 112 cm³/mol. The topological polar surface area (TPSA) is 45.6 Å². The fraction of sp³-hybridized carbons (Fsp3) is 0.375. The van der Waals surface area contributed by atoms with Gasteiger partial charge in [0.15, 0.2) is 0 Å². The molecule has 1 aliphatic heterocycles. The summed E-state index contributed by atoms with van der Waals surface area (Å²) in [6.07, 6.45) is 3.00. The van der Waals surface area contributed by atoms with Crippen LogP contribution in [0.1, 0.15) is 24.1 Å². The van der Waals surface area contributed by atoms with E-state index in [1.54, 1.807) is 7.11 Å². The summed E-state index contributed by atoms with van der Waals surface area (Å²) in [7, 11) is 1.69. The van der Waals surface area contributed by atoms with Crippen molar-refractivity contribution >= 4 is 10.9 Å². The van der Waals surface area contributed by atoms with Crippen molar-refractivity contribution in [1.82, 2.24) is 9.88 Å². The second kappa shape index (κ2) is 8.29. The third-order valence-corrected chi connectivity index (χ3v) is 5.83. The molecule has 1 saturated heterocycles. The molecule has 2 heterocycles. The number of aromatic nitrogens is 1.